The van der Waals surface area contributed by atoms with E-state index in [0.717, 1.165) is 36.6 Å². The third-order valence-corrected chi connectivity index (χ3v) is 4.43. The number of anilines is 1. The molecule has 21 heavy (non-hydrogen) atoms. The molecule has 0 atom stereocenters. The number of thioether (sulfide) groups is 1. The van der Waals surface area contributed by atoms with Gasteiger partial charge in [-0.15, -0.1) is 0 Å². The molecule has 1 aromatic carbocycles. The van der Waals surface area contributed by atoms with Crippen LogP contribution in [0.15, 0.2) is 24.3 Å². The highest BCUT2D eigenvalue weighted by Gasteiger charge is 2.16. The summed E-state index contributed by atoms with van der Waals surface area (Å²) < 4.78 is 0. The maximum Gasteiger partial charge on any atom is 0.321 e. The molecule has 1 aromatic rings. The van der Waals surface area contributed by atoms with Crippen LogP contribution in [0.2, 0.25) is 0 Å². The number of carbonyl (C=O) groups is 2. The highest BCUT2D eigenvalue weighted by Crippen LogP contribution is 2.18. The van der Waals surface area contributed by atoms with Gasteiger partial charge in [0.1, 0.15) is 0 Å². The van der Waals surface area contributed by atoms with Crippen LogP contribution in [0.5, 0.6) is 0 Å². The van der Waals surface area contributed by atoms with Crippen molar-refractivity contribution in [2.45, 2.75) is 19.3 Å². The van der Waals surface area contributed by atoms with E-state index >= 15 is 0 Å². The summed E-state index contributed by atoms with van der Waals surface area (Å²) in [7, 11) is 0. The van der Waals surface area contributed by atoms with E-state index in [1.165, 1.54) is 0 Å². The summed E-state index contributed by atoms with van der Waals surface area (Å²) >= 11 is 1.87. The predicted molar refractivity (Wildman–Crippen MR) is 84.9 cm³/mol. The predicted octanol–water partition coefficient (Wildman–Crippen LogP) is 2.67. The molecule has 0 radical (unpaired) electrons. The Bertz CT molecular complexity index is 499. The van der Waals surface area contributed by atoms with Crippen LogP contribution in [-0.4, -0.2) is 46.6 Å². The Labute approximate surface area is 128 Å². The summed E-state index contributed by atoms with van der Waals surface area (Å²) in [5.74, 6) is 1.23. The first kappa shape index (κ1) is 15.7. The Morgan fingerprint density at radius 3 is 2.86 bits per heavy atom. The third kappa shape index (κ3) is 4.97. The first-order chi connectivity index (χ1) is 10.2. The van der Waals surface area contributed by atoms with Crippen LogP contribution in [0.25, 0.3) is 0 Å². The van der Waals surface area contributed by atoms with Gasteiger partial charge < -0.3 is 15.3 Å². The molecule has 2 amide bonds. The summed E-state index contributed by atoms with van der Waals surface area (Å²) in [4.78, 5) is 24.8. The van der Waals surface area contributed by atoms with Crippen molar-refractivity contribution in [2.75, 3.05) is 29.9 Å². The number of urea groups is 1. The lowest BCUT2D eigenvalue weighted by Gasteiger charge is -2.21. The SMILES string of the molecule is O=C(O)CCc1ccccc1NC(=O)N1CCCSCC1. The highest BCUT2D eigenvalue weighted by molar-refractivity contribution is 7.99. The number of nitrogens with zero attached hydrogens (tertiary/aromatic N) is 1. The Kier molecular flexibility index (Phi) is 5.92. The summed E-state index contributed by atoms with van der Waals surface area (Å²) in [6.45, 7) is 1.53. The quantitative estimate of drug-likeness (QED) is 0.897. The van der Waals surface area contributed by atoms with Gasteiger partial charge in [-0.05, 0) is 30.2 Å². The number of nitrogens with one attached hydrogen (secondary N) is 1. The molecule has 0 bridgehead atoms. The Hall–Kier alpha value is -1.69. The van der Waals surface area contributed by atoms with Crippen LogP contribution in [-0.2, 0) is 11.2 Å². The molecule has 0 aliphatic carbocycles. The summed E-state index contributed by atoms with van der Waals surface area (Å²) in [6.07, 6.45) is 1.49. The average molecular weight is 308 g/mol. The molecule has 2 N–H and O–H groups in total. The molecule has 5 nitrogen and oxygen atoms in total. The number of carboxylic acid groups (broad SMARTS) is 1. The maximum absolute atomic E-state index is 12.3. The fourth-order valence-corrected chi connectivity index (χ4v) is 3.13. The van der Waals surface area contributed by atoms with Crippen molar-refractivity contribution in [2.24, 2.45) is 0 Å². The van der Waals surface area contributed by atoms with Gasteiger partial charge >= 0.3 is 12.0 Å². The minimum Gasteiger partial charge on any atom is -0.481 e. The molecule has 1 fully saturated rings. The molecule has 114 valence electrons. The standard InChI is InChI=1S/C15H20N2O3S/c18-14(19)7-6-12-4-1-2-5-13(12)16-15(20)17-8-3-10-21-11-9-17/h1-2,4-5H,3,6-11H2,(H,16,20)(H,18,19). The lowest BCUT2D eigenvalue weighted by atomic mass is 10.1. The first-order valence-electron chi connectivity index (χ1n) is 7.10. The van der Waals surface area contributed by atoms with Crippen molar-refractivity contribution in [3.8, 4) is 0 Å². The molecule has 0 spiro atoms. The number of hydrogen-bond acceptors (Lipinski definition) is 3. The van der Waals surface area contributed by atoms with Gasteiger partial charge in [0.15, 0.2) is 0 Å². The zero-order valence-corrected chi connectivity index (χ0v) is 12.7. The molecule has 0 aromatic heterocycles. The van der Waals surface area contributed by atoms with Crippen molar-refractivity contribution in [1.29, 1.82) is 0 Å². The number of aliphatic carboxylic acids is 1. The highest BCUT2D eigenvalue weighted by atomic mass is 32.2. The third-order valence-electron chi connectivity index (χ3n) is 3.38. The van der Waals surface area contributed by atoms with Gasteiger partial charge in [0.25, 0.3) is 0 Å². The summed E-state index contributed by atoms with van der Waals surface area (Å²) in [5, 5.41) is 11.7. The van der Waals surface area contributed by atoms with Crippen LogP contribution in [0, 0.1) is 0 Å². The molecule has 2 rings (SSSR count). The van der Waals surface area contributed by atoms with Crippen LogP contribution in [0.4, 0.5) is 10.5 Å². The number of benzene rings is 1. The number of amides is 2. The molecular formula is C15H20N2O3S. The molecule has 0 saturated carbocycles. The van der Waals surface area contributed by atoms with Gasteiger partial charge in [-0.1, -0.05) is 18.2 Å². The van der Waals surface area contributed by atoms with E-state index in [4.69, 9.17) is 5.11 Å². The second-order valence-electron chi connectivity index (χ2n) is 4.93. The Balaban J connectivity index is 2.00. The van der Waals surface area contributed by atoms with Crippen LogP contribution in [0.1, 0.15) is 18.4 Å². The van der Waals surface area contributed by atoms with Gasteiger partial charge in [-0.25, -0.2) is 4.79 Å². The molecule has 1 heterocycles. The van der Waals surface area contributed by atoms with E-state index in [9.17, 15) is 9.59 Å². The van der Waals surface area contributed by atoms with E-state index in [0.29, 0.717) is 12.1 Å². The Morgan fingerprint density at radius 2 is 2.05 bits per heavy atom. The van der Waals surface area contributed by atoms with Crippen LogP contribution >= 0.6 is 11.8 Å². The minimum atomic E-state index is -0.833. The fraction of sp³-hybridized carbons (Fsp3) is 0.467. The van der Waals surface area contributed by atoms with Crippen molar-refractivity contribution in [1.82, 2.24) is 4.90 Å². The monoisotopic (exact) mass is 308 g/mol. The summed E-state index contributed by atoms with van der Waals surface area (Å²) in [5.41, 5.74) is 1.57. The lowest BCUT2D eigenvalue weighted by molar-refractivity contribution is -0.136. The molecule has 0 unspecified atom stereocenters. The number of hydrogen-bond donors (Lipinski definition) is 2. The minimum absolute atomic E-state index is 0.0627. The molecule has 1 saturated heterocycles. The zero-order chi connectivity index (χ0) is 15.1. The molecule has 1 aliphatic rings. The van der Waals surface area contributed by atoms with Gasteiger partial charge in [0.2, 0.25) is 0 Å². The first-order valence-corrected chi connectivity index (χ1v) is 8.25. The number of aryl methyl sites for hydroxylation is 1. The van der Waals surface area contributed by atoms with Crippen LogP contribution in [0.3, 0.4) is 0 Å². The van der Waals surface area contributed by atoms with Crippen molar-refractivity contribution >= 4 is 29.4 Å². The largest absolute Gasteiger partial charge is 0.481 e. The van der Waals surface area contributed by atoms with Crippen molar-refractivity contribution in [3.63, 3.8) is 0 Å². The number of carbonyl (C=O) groups excluding carboxylic acids is 1. The van der Waals surface area contributed by atoms with E-state index in [2.05, 4.69) is 5.32 Å². The van der Waals surface area contributed by atoms with Crippen molar-refractivity contribution in [3.05, 3.63) is 29.8 Å². The van der Waals surface area contributed by atoms with E-state index < -0.39 is 5.97 Å². The molecule has 1 aliphatic heterocycles. The molecular weight excluding hydrogens is 288 g/mol. The smallest absolute Gasteiger partial charge is 0.321 e. The maximum atomic E-state index is 12.3. The van der Waals surface area contributed by atoms with E-state index in [1.807, 2.05) is 40.9 Å². The number of para-hydroxylation sites is 1. The van der Waals surface area contributed by atoms with Gasteiger partial charge in [0, 0.05) is 31.0 Å². The number of carboxylic acids is 1. The molecule has 6 heteroatoms. The Morgan fingerprint density at radius 1 is 1.24 bits per heavy atom. The second-order valence-corrected chi connectivity index (χ2v) is 6.16. The average Bonchev–Trinajstić information content (AvgIpc) is 2.75. The fourth-order valence-electron chi connectivity index (χ4n) is 2.25. The normalized spacial score (nSPS) is 15.3. The zero-order valence-electron chi connectivity index (χ0n) is 11.9. The van der Waals surface area contributed by atoms with Crippen LogP contribution < -0.4 is 5.32 Å². The van der Waals surface area contributed by atoms with Gasteiger partial charge in [-0.3, -0.25) is 4.79 Å². The number of rotatable bonds is 4. The van der Waals surface area contributed by atoms with Crippen molar-refractivity contribution < 1.29 is 14.7 Å². The lowest BCUT2D eigenvalue weighted by Crippen LogP contribution is -2.36. The van der Waals surface area contributed by atoms with Gasteiger partial charge in [-0.2, -0.15) is 11.8 Å². The second kappa shape index (κ2) is 7.93. The topological polar surface area (TPSA) is 69.6 Å². The van der Waals surface area contributed by atoms with Gasteiger partial charge in [0.05, 0.1) is 0 Å². The van der Waals surface area contributed by atoms with E-state index in [-0.39, 0.29) is 12.5 Å². The van der Waals surface area contributed by atoms with E-state index in [1.54, 1.807) is 0 Å². The summed E-state index contributed by atoms with van der Waals surface area (Å²) in [6, 6.07) is 7.28.